The van der Waals surface area contributed by atoms with Crippen molar-refractivity contribution >= 4 is 35.1 Å². The molecule has 1 N–H and O–H groups in total. The number of rotatable bonds is 6. The Labute approximate surface area is 138 Å². The van der Waals surface area contributed by atoms with Crippen molar-refractivity contribution < 1.29 is 19.4 Å². The summed E-state index contributed by atoms with van der Waals surface area (Å²) in [6.07, 6.45) is 1.77. The number of hydrogen-bond donors (Lipinski definition) is 1. The molecule has 0 bridgehead atoms. The first kappa shape index (κ1) is 16.9. The Morgan fingerprint density at radius 2 is 1.91 bits per heavy atom. The lowest BCUT2D eigenvalue weighted by Crippen LogP contribution is -2.38. The van der Waals surface area contributed by atoms with Gasteiger partial charge in [-0.15, -0.1) is 0 Å². The van der Waals surface area contributed by atoms with Crippen LogP contribution >= 0.6 is 23.2 Å². The van der Waals surface area contributed by atoms with Crippen LogP contribution in [0.15, 0.2) is 12.1 Å². The fourth-order valence-corrected chi connectivity index (χ4v) is 2.84. The minimum atomic E-state index is -0.927. The third-order valence-electron chi connectivity index (χ3n) is 3.59. The molecule has 7 heteroatoms. The predicted octanol–water partition coefficient (Wildman–Crippen LogP) is 3.33. The average Bonchev–Trinajstić information content (AvgIpc) is 3.27. The second-order valence-electron chi connectivity index (χ2n) is 5.40. The van der Waals surface area contributed by atoms with Gasteiger partial charge < -0.3 is 14.7 Å². The molecule has 0 heterocycles. The molecule has 1 saturated carbocycles. The van der Waals surface area contributed by atoms with Gasteiger partial charge in [-0.1, -0.05) is 30.1 Å². The maximum Gasteiger partial charge on any atom is 0.308 e. The number of methoxy groups -OCH3 is 1. The second-order valence-corrected chi connectivity index (χ2v) is 6.22. The molecular weight excluding hydrogens is 329 g/mol. The lowest BCUT2D eigenvalue weighted by Gasteiger charge is -2.24. The highest BCUT2D eigenvalue weighted by atomic mass is 35.5. The smallest absolute Gasteiger partial charge is 0.308 e. The average molecular weight is 346 g/mol. The number of ether oxygens (including phenoxy) is 1. The summed E-state index contributed by atoms with van der Waals surface area (Å²) in [7, 11) is 1.44. The molecule has 1 atom stereocenters. The Balaban J connectivity index is 2.26. The Kier molecular flexibility index (Phi) is 5.19. The molecule has 0 aliphatic heterocycles. The van der Waals surface area contributed by atoms with Crippen molar-refractivity contribution in [1.82, 2.24) is 4.90 Å². The summed E-state index contributed by atoms with van der Waals surface area (Å²) < 4.78 is 5.06. The number of aliphatic carboxylic acids is 1. The van der Waals surface area contributed by atoms with E-state index in [9.17, 15) is 9.59 Å². The van der Waals surface area contributed by atoms with Gasteiger partial charge in [0.1, 0.15) is 0 Å². The lowest BCUT2D eigenvalue weighted by atomic mass is 10.1. The zero-order valence-electron chi connectivity index (χ0n) is 12.3. The number of carbonyl (C=O) groups is 2. The van der Waals surface area contributed by atoms with Gasteiger partial charge in [-0.05, 0) is 25.0 Å². The van der Waals surface area contributed by atoms with E-state index in [2.05, 4.69) is 0 Å². The summed E-state index contributed by atoms with van der Waals surface area (Å²) in [5.74, 6) is -1.50. The van der Waals surface area contributed by atoms with Gasteiger partial charge in [-0.25, -0.2) is 0 Å². The molecule has 0 unspecified atom stereocenters. The van der Waals surface area contributed by atoms with Crippen molar-refractivity contribution in [3.05, 3.63) is 27.7 Å². The maximum absolute atomic E-state index is 12.7. The molecule has 0 radical (unpaired) electrons. The van der Waals surface area contributed by atoms with E-state index in [-0.39, 0.29) is 28.5 Å². The van der Waals surface area contributed by atoms with Gasteiger partial charge in [-0.2, -0.15) is 0 Å². The van der Waals surface area contributed by atoms with Crippen LogP contribution in [0.25, 0.3) is 0 Å². The molecule has 120 valence electrons. The van der Waals surface area contributed by atoms with Crippen LogP contribution in [0.3, 0.4) is 0 Å². The third kappa shape index (κ3) is 3.65. The van der Waals surface area contributed by atoms with Crippen molar-refractivity contribution in [3.63, 3.8) is 0 Å². The SMILES string of the molecule is COc1c(Cl)cc(C(=O)N(C[C@H](C)C(=O)O)C2CC2)cc1Cl. The van der Waals surface area contributed by atoms with Gasteiger partial charge >= 0.3 is 5.97 Å². The Bertz CT molecular complexity index is 578. The first-order valence-corrected chi connectivity index (χ1v) is 7.67. The standard InChI is InChI=1S/C15H17Cl2NO4/c1-8(15(20)21)7-18(10-3-4-10)14(19)9-5-11(16)13(22-2)12(17)6-9/h5-6,8,10H,3-4,7H2,1-2H3,(H,20,21)/t8-/m0/s1. The highest BCUT2D eigenvalue weighted by Crippen LogP contribution is 2.35. The van der Waals surface area contributed by atoms with Gasteiger partial charge in [0.25, 0.3) is 5.91 Å². The highest BCUT2D eigenvalue weighted by molar-refractivity contribution is 6.37. The number of carbonyl (C=O) groups excluding carboxylic acids is 1. The van der Waals surface area contributed by atoms with Crippen molar-refractivity contribution in [1.29, 1.82) is 0 Å². The third-order valence-corrected chi connectivity index (χ3v) is 4.15. The lowest BCUT2D eigenvalue weighted by molar-refractivity contribution is -0.141. The van der Waals surface area contributed by atoms with Crippen LogP contribution in [0.4, 0.5) is 0 Å². The Morgan fingerprint density at radius 3 is 2.32 bits per heavy atom. The number of amides is 1. The fraction of sp³-hybridized carbons (Fsp3) is 0.467. The van der Waals surface area contributed by atoms with E-state index in [1.165, 1.54) is 19.2 Å². The number of halogens is 2. The molecular formula is C15H17Cl2NO4. The van der Waals surface area contributed by atoms with Crippen LogP contribution in [0, 0.1) is 5.92 Å². The molecule has 1 aliphatic carbocycles. The number of benzene rings is 1. The van der Waals surface area contributed by atoms with E-state index >= 15 is 0 Å². The largest absolute Gasteiger partial charge is 0.494 e. The highest BCUT2D eigenvalue weighted by Gasteiger charge is 2.35. The molecule has 5 nitrogen and oxygen atoms in total. The molecule has 1 aromatic carbocycles. The van der Waals surface area contributed by atoms with Gasteiger partial charge in [0.15, 0.2) is 5.75 Å². The van der Waals surface area contributed by atoms with Gasteiger partial charge in [0.2, 0.25) is 0 Å². The Hall–Kier alpha value is -1.46. The molecule has 22 heavy (non-hydrogen) atoms. The van der Waals surface area contributed by atoms with E-state index in [0.29, 0.717) is 11.3 Å². The fourth-order valence-electron chi connectivity index (χ4n) is 2.20. The summed E-state index contributed by atoms with van der Waals surface area (Å²) in [5, 5.41) is 9.55. The number of carboxylic acids is 1. The van der Waals surface area contributed by atoms with Crippen molar-refractivity contribution in [2.45, 2.75) is 25.8 Å². The van der Waals surface area contributed by atoms with Gasteiger partial charge in [0, 0.05) is 18.2 Å². The predicted molar refractivity (Wildman–Crippen MR) is 83.9 cm³/mol. The topological polar surface area (TPSA) is 66.8 Å². The summed E-state index contributed by atoms with van der Waals surface area (Å²) in [6, 6.07) is 3.08. The van der Waals surface area contributed by atoms with Crippen LogP contribution in [0.5, 0.6) is 5.75 Å². The summed E-state index contributed by atoms with van der Waals surface area (Å²) in [6.45, 7) is 1.75. The monoisotopic (exact) mass is 345 g/mol. The van der Waals surface area contributed by atoms with E-state index < -0.39 is 11.9 Å². The molecule has 1 aliphatic rings. The van der Waals surface area contributed by atoms with Crippen LogP contribution < -0.4 is 4.74 Å². The molecule has 2 rings (SSSR count). The van der Waals surface area contributed by atoms with Gasteiger partial charge in [-0.3, -0.25) is 9.59 Å². The summed E-state index contributed by atoms with van der Waals surface area (Å²) in [4.78, 5) is 25.3. The van der Waals surface area contributed by atoms with E-state index in [0.717, 1.165) is 12.8 Å². The van der Waals surface area contributed by atoms with Crippen molar-refractivity contribution in [2.24, 2.45) is 5.92 Å². The quantitative estimate of drug-likeness (QED) is 0.858. The first-order chi connectivity index (χ1) is 10.3. The van der Waals surface area contributed by atoms with Gasteiger partial charge in [0.05, 0.1) is 23.1 Å². The molecule has 1 aromatic rings. The minimum Gasteiger partial charge on any atom is -0.494 e. The zero-order chi connectivity index (χ0) is 16.4. The molecule has 1 fully saturated rings. The van der Waals surface area contributed by atoms with E-state index in [4.69, 9.17) is 33.0 Å². The van der Waals surface area contributed by atoms with Crippen molar-refractivity contribution in [2.75, 3.05) is 13.7 Å². The van der Waals surface area contributed by atoms with E-state index in [1.807, 2.05) is 0 Å². The first-order valence-electron chi connectivity index (χ1n) is 6.92. The number of nitrogens with zero attached hydrogens (tertiary/aromatic N) is 1. The number of carboxylic acid groups (broad SMARTS) is 1. The van der Waals surface area contributed by atoms with Crippen LogP contribution in [0.2, 0.25) is 10.0 Å². The molecule has 0 aromatic heterocycles. The van der Waals surface area contributed by atoms with E-state index in [1.54, 1.807) is 11.8 Å². The van der Waals surface area contributed by atoms with Crippen molar-refractivity contribution in [3.8, 4) is 5.75 Å². The molecule has 0 saturated heterocycles. The molecule has 1 amide bonds. The summed E-state index contributed by atoms with van der Waals surface area (Å²) in [5.41, 5.74) is 0.334. The van der Waals surface area contributed by atoms with Crippen LogP contribution in [-0.4, -0.2) is 41.6 Å². The summed E-state index contributed by atoms with van der Waals surface area (Å²) >= 11 is 12.1. The molecule has 0 spiro atoms. The maximum atomic E-state index is 12.7. The van der Waals surface area contributed by atoms with Crippen LogP contribution in [0.1, 0.15) is 30.1 Å². The second kappa shape index (κ2) is 6.75. The minimum absolute atomic E-state index is 0.0916. The normalized spacial score (nSPS) is 15.3. The Morgan fingerprint density at radius 1 is 1.36 bits per heavy atom. The zero-order valence-corrected chi connectivity index (χ0v) is 13.8. The number of hydrogen-bond acceptors (Lipinski definition) is 3. The van der Waals surface area contributed by atoms with Crippen LogP contribution in [-0.2, 0) is 4.79 Å².